The van der Waals surface area contributed by atoms with Gasteiger partial charge < -0.3 is 11.1 Å². The number of aromatic nitrogens is 1. The molecule has 3 aromatic rings. The highest BCUT2D eigenvalue weighted by Gasteiger charge is 2.24. The highest BCUT2D eigenvalue weighted by Crippen LogP contribution is 2.31. The Labute approximate surface area is 156 Å². The third-order valence-corrected chi connectivity index (χ3v) is 5.36. The number of anilines is 3. The van der Waals surface area contributed by atoms with Gasteiger partial charge in [-0.05, 0) is 30.3 Å². The molecule has 3 rings (SSSR count). The summed E-state index contributed by atoms with van der Waals surface area (Å²) >= 11 is 0.777. The second-order valence-electron chi connectivity index (χ2n) is 5.36. The molecule has 0 atom stereocenters. The first-order chi connectivity index (χ1) is 12.7. The third-order valence-electron chi connectivity index (χ3n) is 3.46. The zero-order valence-corrected chi connectivity index (χ0v) is 15.1. The summed E-state index contributed by atoms with van der Waals surface area (Å²) in [7, 11) is -3.90. The number of nitrogens with two attached hydrogens (primary N) is 2. The number of nitrogens with zero attached hydrogens (tertiary/aromatic N) is 1. The van der Waals surface area contributed by atoms with Crippen molar-refractivity contribution in [1.82, 2.24) is 4.98 Å². The van der Waals surface area contributed by atoms with Crippen LogP contribution >= 0.6 is 11.3 Å². The molecule has 0 saturated carbocycles. The second-order valence-corrected chi connectivity index (χ2v) is 7.92. The van der Waals surface area contributed by atoms with E-state index in [2.05, 4.69) is 10.3 Å². The molecule has 11 heteroatoms. The zero-order chi connectivity index (χ0) is 19.8. The largest absolute Gasteiger partial charge is 0.382 e. The van der Waals surface area contributed by atoms with Gasteiger partial charge in [0.05, 0.1) is 10.5 Å². The molecule has 0 amide bonds. The molecule has 140 valence electrons. The molecule has 0 bridgehead atoms. The highest BCUT2D eigenvalue weighted by atomic mass is 32.2. The molecule has 2 aromatic carbocycles. The lowest BCUT2D eigenvalue weighted by Gasteiger charge is -2.04. The number of hydrogen-bond acceptors (Lipinski definition) is 7. The maximum atomic E-state index is 13.8. The van der Waals surface area contributed by atoms with Crippen LogP contribution in [0.5, 0.6) is 0 Å². The van der Waals surface area contributed by atoms with Gasteiger partial charge in [0.15, 0.2) is 5.13 Å². The summed E-state index contributed by atoms with van der Waals surface area (Å²) in [5.41, 5.74) is 5.31. The van der Waals surface area contributed by atoms with Gasteiger partial charge in [-0.2, -0.15) is 0 Å². The number of sulfonamides is 1. The number of primary sulfonamides is 1. The van der Waals surface area contributed by atoms with Gasteiger partial charge in [0, 0.05) is 5.69 Å². The number of halogens is 2. The van der Waals surface area contributed by atoms with Gasteiger partial charge >= 0.3 is 0 Å². The first-order valence-corrected chi connectivity index (χ1v) is 9.68. The summed E-state index contributed by atoms with van der Waals surface area (Å²) in [4.78, 5) is 16.1. The lowest BCUT2D eigenvalue weighted by molar-refractivity contribution is 0.103. The Bertz CT molecular complexity index is 1130. The first-order valence-electron chi connectivity index (χ1n) is 7.31. The molecule has 0 aliphatic carbocycles. The molecule has 1 aromatic heterocycles. The summed E-state index contributed by atoms with van der Waals surface area (Å²) < 4.78 is 50.5. The van der Waals surface area contributed by atoms with Gasteiger partial charge in [-0.25, -0.2) is 27.3 Å². The topological polar surface area (TPSA) is 128 Å². The van der Waals surface area contributed by atoms with E-state index in [0.29, 0.717) is 5.69 Å². The Morgan fingerprint density at radius 1 is 1.11 bits per heavy atom. The van der Waals surface area contributed by atoms with Crippen molar-refractivity contribution in [1.29, 1.82) is 0 Å². The van der Waals surface area contributed by atoms with Crippen LogP contribution in [0.1, 0.15) is 15.2 Å². The number of hydrogen-bond donors (Lipinski definition) is 3. The van der Waals surface area contributed by atoms with Crippen LogP contribution in [0.15, 0.2) is 47.4 Å². The fraction of sp³-hybridized carbons (Fsp3) is 0. The van der Waals surface area contributed by atoms with Gasteiger partial charge in [-0.3, -0.25) is 4.79 Å². The predicted octanol–water partition coefficient (Wildman–Crippen LogP) is 2.63. The monoisotopic (exact) mass is 410 g/mol. The molecular weight excluding hydrogens is 398 g/mol. The van der Waals surface area contributed by atoms with Gasteiger partial charge in [-0.15, -0.1) is 0 Å². The molecule has 5 N–H and O–H groups in total. The van der Waals surface area contributed by atoms with Crippen molar-refractivity contribution < 1.29 is 22.0 Å². The molecule has 0 aliphatic heterocycles. The summed E-state index contributed by atoms with van der Waals surface area (Å²) in [5, 5.41) is 7.99. The summed E-state index contributed by atoms with van der Waals surface area (Å²) in [6.07, 6.45) is 0. The van der Waals surface area contributed by atoms with E-state index in [4.69, 9.17) is 10.9 Å². The Balaban J connectivity index is 1.93. The van der Waals surface area contributed by atoms with E-state index >= 15 is 0 Å². The number of rotatable bonds is 5. The van der Waals surface area contributed by atoms with Crippen molar-refractivity contribution in [3.8, 4) is 0 Å². The fourth-order valence-electron chi connectivity index (χ4n) is 2.25. The summed E-state index contributed by atoms with van der Waals surface area (Å²) in [5.74, 6) is -3.17. The van der Waals surface area contributed by atoms with Gasteiger partial charge in [0.1, 0.15) is 22.3 Å². The lowest BCUT2D eigenvalue weighted by Crippen LogP contribution is -2.12. The molecule has 0 fully saturated rings. The van der Waals surface area contributed by atoms with Crippen molar-refractivity contribution in [3.05, 3.63) is 64.5 Å². The minimum absolute atomic E-state index is 0.123. The van der Waals surface area contributed by atoms with E-state index in [9.17, 15) is 22.0 Å². The Kier molecular flexibility index (Phi) is 4.91. The van der Waals surface area contributed by atoms with Crippen molar-refractivity contribution >= 4 is 43.8 Å². The normalized spacial score (nSPS) is 11.4. The van der Waals surface area contributed by atoms with Gasteiger partial charge in [0.2, 0.25) is 15.8 Å². The fourth-order valence-corrected chi connectivity index (χ4v) is 3.66. The van der Waals surface area contributed by atoms with Crippen molar-refractivity contribution in [2.75, 3.05) is 11.1 Å². The minimum atomic E-state index is -3.90. The zero-order valence-electron chi connectivity index (χ0n) is 13.4. The second kappa shape index (κ2) is 7.02. The Hall–Kier alpha value is -2.89. The molecule has 0 spiro atoms. The minimum Gasteiger partial charge on any atom is -0.382 e. The van der Waals surface area contributed by atoms with E-state index in [0.717, 1.165) is 29.5 Å². The summed E-state index contributed by atoms with van der Waals surface area (Å²) in [6, 6.07) is 8.65. The average molecular weight is 410 g/mol. The number of benzene rings is 2. The number of thiazole rings is 1. The predicted molar refractivity (Wildman–Crippen MR) is 97.4 cm³/mol. The van der Waals surface area contributed by atoms with Crippen molar-refractivity contribution in [3.63, 3.8) is 0 Å². The summed E-state index contributed by atoms with van der Waals surface area (Å²) in [6.45, 7) is 0. The SMILES string of the molecule is Nc1nc(Nc2cccc(S(N)(=O)=O)c2)sc1C(=O)c1c(F)cccc1F. The molecular formula is C16H12F2N4O3S2. The number of carbonyl (C=O) groups excluding carboxylic acids is 1. The molecule has 0 saturated heterocycles. The maximum Gasteiger partial charge on any atom is 0.238 e. The Morgan fingerprint density at radius 3 is 2.37 bits per heavy atom. The van der Waals surface area contributed by atoms with Crippen molar-refractivity contribution in [2.45, 2.75) is 4.90 Å². The third kappa shape index (κ3) is 3.94. The lowest BCUT2D eigenvalue weighted by atomic mass is 10.1. The number of nitrogen functional groups attached to an aromatic ring is 1. The van der Waals surface area contributed by atoms with E-state index in [-0.39, 0.29) is 20.7 Å². The number of nitrogens with one attached hydrogen (secondary N) is 1. The van der Waals surface area contributed by atoms with Gasteiger partial charge in [-0.1, -0.05) is 23.5 Å². The Morgan fingerprint density at radius 2 is 1.74 bits per heavy atom. The van der Waals surface area contributed by atoms with Crippen LogP contribution < -0.4 is 16.2 Å². The molecule has 0 aliphatic rings. The van der Waals surface area contributed by atoms with E-state index in [1.54, 1.807) is 6.07 Å². The van der Waals surface area contributed by atoms with Crippen LogP contribution in [0.4, 0.5) is 25.4 Å². The molecule has 27 heavy (non-hydrogen) atoms. The van der Waals surface area contributed by atoms with Crippen molar-refractivity contribution in [2.24, 2.45) is 5.14 Å². The molecule has 0 radical (unpaired) electrons. The standard InChI is InChI=1S/C16H12F2N4O3S2/c17-10-5-2-6-11(18)12(10)13(23)14-15(19)22-16(26-14)21-8-3-1-4-9(7-8)27(20,24)25/h1-7H,19H2,(H,21,22)(H2,20,24,25). The molecule has 1 heterocycles. The highest BCUT2D eigenvalue weighted by molar-refractivity contribution is 7.89. The maximum absolute atomic E-state index is 13.8. The molecule has 7 nitrogen and oxygen atoms in total. The van der Waals surface area contributed by atoms with Crippen LogP contribution in [0.25, 0.3) is 0 Å². The number of carbonyl (C=O) groups is 1. The number of ketones is 1. The van der Waals surface area contributed by atoms with Crippen LogP contribution in [-0.2, 0) is 10.0 Å². The van der Waals surface area contributed by atoms with Gasteiger partial charge in [0.25, 0.3) is 0 Å². The quantitative estimate of drug-likeness (QED) is 0.555. The smallest absolute Gasteiger partial charge is 0.238 e. The van der Waals surface area contributed by atoms with Crippen LogP contribution in [0.2, 0.25) is 0 Å². The average Bonchev–Trinajstić information content (AvgIpc) is 2.94. The van der Waals surface area contributed by atoms with Crippen LogP contribution in [0.3, 0.4) is 0 Å². The van der Waals surface area contributed by atoms with Crippen LogP contribution in [0, 0.1) is 11.6 Å². The first kappa shape index (κ1) is 18.9. The molecule has 0 unspecified atom stereocenters. The van der Waals surface area contributed by atoms with Crippen LogP contribution in [-0.4, -0.2) is 19.2 Å². The van der Waals surface area contributed by atoms with E-state index < -0.39 is 33.0 Å². The van der Waals surface area contributed by atoms with E-state index in [1.165, 1.54) is 18.2 Å². The van der Waals surface area contributed by atoms with E-state index in [1.807, 2.05) is 0 Å².